The zero-order valence-corrected chi connectivity index (χ0v) is 14.1. The van der Waals surface area contributed by atoms with E-state index in [0.29, 0.717) is 19.0 Å². The predicted molar refractivity (Wildman–Crippen MR) is 91.0 cm³/mol. The second kappa shape index (κ2) is 8.21. The Bertz CT molecular complexity index is 559. The third-order valence-electron chi connectivity index (χ3n) is 4.28. The summed E-state index contributed by atoms with van der Waals surface area (Å²) in [7, 11) is 1.72. The van der Waals surface area contributed by atoms with Crippen LogP contribution in [-0.4, -0.2) is 75.5 Å². The SMILES string of the molecule is COCCCN1CCN(C(=O)Nc2ccc3c(c2)OCCO3)CC1. The van der Waals surface area contributed by atoms with Crippen LogP contribution in [0.4, 0.5) is 10.5 Å². The molecule has 2 aliphatic rings. The highest BCUT2D eigenvalue weighted by Crippen LogP contribution is 2.32. The molecule has 1 aromatic carbocycles. The summed E-state index contributed by atoms with van der Waals surface area (Å²) in [5, 5.41) is 2.94. The number of benzene rings is 1. The molecule has 1 saturated heterocycles. The number of amides is 2. The van der Waals surface area contributed by atoms with Gasteiger partial charge in [-0.05, 0) is 18.6 Å². The number of rotatable bonds is 5. The summed E-state index contributed by atoms with van der Waals surface area (Å²) in [4.78, 5) is 16.6. The van der Waals surface area contributed by atoms with Gasteiger partial charge in [0.05, 0.1) is 0 Å². The first kappa shape index (κ1) is 16.9. The highest BCUT2D eigenvalue weighted by Gasteiger charge is 2.21. The minimum Gasteiger partial charge on any atom is -0.486 e. The summed E-state index contributed by atoms with van der Waals surface area (Å²) in [6, 6.07) is 5.42. The van der Waals surface area contributed by atoms with Crippen molar-refractivity contribution in [2.75, 3.05) is 65.0 Å². The van der Waals surface area contributed by atoms with E-state index in [0.717, 1.165) is 57.2 Å². The van der Waals surface area contributed by atoms with Gasteiger partial charge < -0.3 is 24.4 Å². The number of piperazine rings is 1. The minimum absolute atomic E-state index is 0.0665. The number of urea groups is 1. The first-order chi connectivity index (χ1) is 11.8. The number of hydrogen-bond acceptors (Lipinski definition) is 5. The monoisotopic (exact) mass is 335 g/mol. The van der Waals surface area contributed by atoms with Crippen LogP contribution < -0.4 is 14.8 Å². The molecule has 2 amide bonds. The highest BCUT2D eigenvalue weighted by atomic mass is 16.6. The van der Waals surface area contributed by atoms with Crippen molar-refractivity contribution in [2.45, 2.75) is 6.42 Å². The van der Waals surface area contributed by atoms with Gasteiger partial charge in [-0.3, -0.25) is 4.90 Å². The van der Waals surface area contributed by atoms with E-state index < -0.39 is 0 Å². The molecule has 0 aromatic heterocycles. The van der Waals surface area contributed by atoms with E-state index in [1.54, 1.807) is 7.11 Å². The number of hydrogen-bond donors (Lipinski definition) is 1. The van der Waals surface area contributed by atoms with Crippen molar-refractivity contribution in [1.29, 1.82) is 0 Å². The Labute approximate surface area is 142 Å². The maximum absolute atomic E-state index is 12.4. The first-order valence-corrected chi connectivity index (χ1v) is 8.43. The van der Waals surface area contributed by atoms with Crippen LogP contribution in [0.1, 0.15) is 6.42 Å². The van der Waals surface area contributed by atoms with Crippen LogP contribution in [0.25, 0.3) is 0 Å². The third kappa shape index (κ3) is 4.30. The highest BCUT2D eigenvalue weighted by molar-refractivity contribution is 5.89. The molecule has 0 aliphatic carbocycles. The smallest absolute Gasteiger partial charge is 0.321 e. The van der Waals surface area contributed by atoms with Crippen molar-refractivity contribution in [3.63, 3.8) is 0 Å². The third-order valence-corrected chi connectivity index (χ3v) is 4.28. The first-order valence-electron chi connectivity index (χ1n) is 8.43. The zero-order chi connectivity index (χ0) is 16.8. The van der Waals surface area contributed by atoms with Crippen molar-refractivity contribution in [1.82, 2.24) is 9.80 Å². The molecule has 2 heterocycles. The molecule has 7 heteroatoms. The molecule has 3 rings (SSSR count). The van der Waals surface area contributed by atoms with E-state index in [2.05, 4.69) is 10.2 Å². The second-order valence-corrected chi connectivity index (χ2v) is 5.96. The molecule has 1 fully saturated rings. The molecule has 0 spiro atoms. The molecule has 24 heavy (non-hydrogen) atoms. The Morgan fingerprint density at radius 2 is 1.92 bits per heavy atom. The molecule has 0 atom stereocenters. The van der Waals surface area contributed by atoms with E-state index in [9.17, 15) is 4.79 Å². The lowest BCUT2D eigenvalue weighted by atomic mass is 10.2. The van der Waals surface area contributed by atoms with Crippen molar-refractivity contribution in [3.05, 3.63) is 18.2 Å². The van der Waals surface area contributed by atoms with Gasteiger partial charge in [-0.15, -0.1) is 0 Å². The minimum atomic E-state index is -0.0665. The Hall–Kier alpha value is -1.99. The van der Waals surface area contributed by atoms with Gasteiger partial charge >= 0.3 is 6.03 Å². The summed E-state index contributed by atoms with van der Waals surface area (Å²) >= 11 is 0. The van der Waals surface area contributed by atoms with Gasteiger partial charge in [0.15, 0.2) is 11.5 Å². The van der Waals surface area contributed by atoms with E-state index in [1.807, 2.05) is 23.1 Å². The van der Waals surface area contributed by atoms with Gasteiger partial charge in [0.25, 0.3) is 0 Å². The van der Waals surface area contributed by atoms with E-state index in [4.69, 9.17) is 14.2 Å². The average Bonchev–Trinajstić information content (AvgIpc) is 2.62. The largest absolute Gasteiger partial charge is 0.486 e. The van der Waals surface area contributed by atoms with E-state index in [-0.39, 0.29) is 6.03 Å². The van der Waals surface area contributed by atoms with Crippen molar-refractivity contribution in [2.24, 2.45) is 0 Å². The summed E-state index contributed by atoms with van der Waals surface area (Å²) in [5.41, 5.74) is 0.728. The summed E-state index contributed by atoms with van der Waals surface area (Å²) < 4.78 is 16.1. The Kier molecular flexibility index (Phi) is 5.77. The second-order valence-electron chi connectivity index (χ2n) is 5.96. The summed E-state index contributed by atoms with van der Waals surface area (Å²) in [5.74, 6) is 1.41. The van der Waals surface area contributed by atoms with E-state index >= 15 is 0 Å². The quantitative estimate of drug-likeness (QED) is 0.829. The standard InChI is InChI=1S/C17H25N3O4/c1-22-10-2-5-19-6-8-20(9-7-19)17(21)18-14-3-4-15-16(13-14)24-12-11-23-15/h3-4,13H,2,5-12H2,1H3,(H,18,21). The van der Waals surface area contributed by atoms with Crippen molar-refractivity contribution in [3.8, 4) is 11.5 Å². The average molecular weight is 335 g/mol. The van der Waals surface area contributed by atoms with Crippen molar-refractivity contribution < 1.29 is 19.0 Å². The lowest BCUT2D eigenvalue weighted by Crippen LogP contribution is -2.50. The van der Waals surface area contributed by atoms with Crippen LogP contribution in [0.3, 0.4) is 0 Å². The molecule has 2 aliphatic heterocycles. The van der Waals surface area contributed by atoms with Gasteiger partial charge in [-0.25, -0.2) is 4.79 Å². The number of methoxy groups -OCH3 is 1. The van der Waals surface area contributed by atoms with Gasteiger partial charge in [0.2, 0.25) is 0 Å². The fourth-order valence-corrected chi connectivity index (χ4v) is 2.93. The lowest BCUT2D eigenvalue weighted by molar-refractivity contribution is 0.130. The van der Waals surface area contributed by atoms with Gasteiger partial charge in [-0.1, -0.05) is 0 Å². The molecular weight excluding hydrogens is 310 g/mol. The molecular formula is C17H25N3O4. The lowest BCUT2D eigenvalue weighted by Gasteiger charge is -2.34. The van der Waals surface area contributed by atoms with E-state index in [1.165, 1.54) is 0 Å². The fourth-order valence-electron chi connectivity index (χ4n) is 2.93. The maximum Gasteiger partial charge on any atom is 0.321 e. The topological polar surface area (TPSA) is 63.3 Å². The normalized spacial score (nSPS) is 17.6. The Balaban J connectivity index is 1.47. The number of anilines is 1. The molecule has 1 N–H and O–H groups in total. The Morgan fingerprint density at radius 3 is 2.67 bits per heavy atom. The zero-order valence-electron chi connectivity index (χ0n) is 14.1. The molecule has 7 nitrogen and oxygen atoms in total. The number of carbonyl (C=O) groups is 1. The molecule has 0 radical (unpaired) electrons. The summed E-state index contributed by atoms with van der Waals surface area (Å²) in [6.07, 6.45) is 1.03. The van der Waals surface area contributed by atoms with Crippen LogP contribution in [0.2, 0.25) is 0 Å². The maximum atomic E-state index is 12.4. The van der Waals surface area contributed by atoms with Crippen LogP contribution in [0, 0.1) is 0 Å². The Morgan fingerprint density at radius 1 is 1.17 bits per heavy atom. The molecule has 0 unspecified atom stereocenters. The van der Waals surface area contributed by atoms with Crippen LogP contribution in [-0.2, 0) is 4.74 Å². The molecule has 0 bridgehead atoms. The number of nitrogens with zero attached hydrogens (tertiary/aromatic N) is 2. The fraction of sp³-hybridized carbons (Fsp3) is 0.588. The van der Waals surface area contributed by atoms with Gasteiger partial charge in [0.1, 0.15) is 13.2 Å². The van der Waals surface area contributed by atoms with Gasteiger partial charge in [-0.2, -0.15) is 0 Å². The predicted octanol–water partition coefficient (Wildman–Crippen LogP) is 1.64. The van der Waals surface area contributed by atoms with Crippen molar-refractivity contribution >= 4 is 11.7 Å². The van der Waals surface area contributed by atoms with Gasteiger partial charge in [0, 0.05) is 58.2 Å². The molecule has 0 saturated carbocycles. The van der Waals surface area contributed by atoms with Crippen LogP contribution >= 0.6 is 0 Å². The molecule has 132 valence electrons. The van der Waals surface area contributed by atoms with Crippen LogP contribution in [0.15, 0.2) is 18.2 Å². The molecule has 1 aromatic rings. The summed E-state index contributed by atoms with van der Waals surface area (Å²) in [6.45, 7) is 6.18. The number of ether oxygens (including phenoxy) is 3. The van der Waals surface area contributed by atoms with Crippen LogP contribution in [0.5, 0.6) is 11.5 Å². The number of fused-ring (bicyclic) bond motifs is 1. The number of nitrogens with one attached hydrogen (secondary N) is 1. The number of carbonyl (C=O) groups excluding carboxylic acids is 1.